The maximum Gasteiger partial charge on any atom is 0.338 e. The molecule has 5 rings (SSSR count). The van der Waals surface area contributed by atoms with Crippen LogP contribution in [0, 0.1) is 15.9 Å². The van der Waals surface area contributed by atoms with Crippen LogP contribution in [0.25, 0.3) is 6.08 Å². The third-order valence-corrected chi connectivity index (χ3v) is 8.83. The first kappa shape index (κ1) is 34.5. The predicted molar refractivity (Wildman–Crippen MR) is 181 cm³/mol. The molecule has 250 valence electrons. The van der Waals surface area contributed by atoms with Crippen molar-refractivity contribution in [1.29, 1.82) is 0 Å². The number of benzene rings is 3. The summed E-state index contributed by atoms with van der Waals surface area (Å²) in [5.41, 5.74) is 0.824. The Labute approximate surface area is 286 Å². The lowest BCUT2D eigenvalue weighted by Crippen LogP contribution is -2.40. The van der Waals surface area contributed by atoms with E-state index in [0.29, 0.717) is 33.1 Å². The second-order valence-electron chi connectivity index (χ2n) is 10.9. The molecule has 11 nitrogen and oxygen atoms in total. The monoisotopic (exact) mass is 739 g/mol. The first-order valence-electron chi connectivity index (χ1n) is 14.8. The van der Waals surface area contributed by atoms with Gasteiger partial charge >= 0.3 is 11.7 Å². The van der Waals surface area contributed by atoms with Gasteiger partial charge in [0.15, 0.2) is 16.3 Å². The van der Waals surface area contributed by atoms with E-state index < -0.39 is 28.3 Å². The number of esters is 1. The largest absolute Gasteiger partial charge is 0.493 e. The van der Waals surface area contributed by atoms with Crippen molar-refractivity contribution >= 4 is 45.0 Å². The lowest BCUT2D eigenvalue weighted by atomic mass is 9.95. The fourth-order valence-electron chi connectivity index (χ4n) is 5.19. The highest BCUT2D eigenvalue weighted by Gasteiger charge is 2.34. The van der Waals surface area contributed by atoms with Crippen molar-refractivity contribution in [2.45, 2.75) is 46.4 Å². The summed E-state index contributed by atoms with van der Waals surface area (Å²) in [4.78, 5) is 43.8. The summed E-state index contributed by atoms with van der Waals surface area (Å²) >= 11 is 4.42. The average molecular weight is 741 g/mol. The van der Waals surface area contributed by atoms with E-state index in [-0.39, 0.29) is 50.9 Å². The number of nitrogens with zero attached hydrogens (tertiary/aromatic N) is 3. The Morgan fingerprint density at radius 2 is 1.94 bits per heavy atom. The molecule has 0 radical (unpaired) electrons. The maximum absolute atomic E-state index is 14.2. The number of allylic oxidation sites excluding steroid dienone is 1. The number of carbonyl (C=O) groups is 1. The van der Waals surface area contributed by atoms with Crippen LogP contribution in [0.15, 0.2) is 80.1 Å². The molecule has 1 atom stereocenters. The SMILES string of the molecule is CCOC(=O)C1=C(C)N=c2s/c(=C/c3cc(Br)c(OCc4ccccc4F)c([N+](=O)[O-])c3)c(=O)n2[C@H]1c1ccc(OC(C)C)c(OC)c1. The lowest BCUT2D eigenvalue weighted by Gasteiger charge is -2.25. The smallest absolute Gasteiger partial charge is 0.338 e. The Morgan fingerprint density at radius 3 is 2.60 bits per heavy atom. The van der Waals surface area contributed by atoms with Gasteiger partial charge in [-0.05, 0) is 85.1 Å². The highest BCUT2D eigenvalue weighted by Crippen LogP contribution is 2.38. The number of rotatable bonds is 11. The van der Waals surface area contributed by atoms with Gasteiger partial charge < -0.3 is 18.9 Å². The number of carbonyl (C=O) groups excluding carboxylic acids is 1. The van der Waals surface area contributed by atoms with Gasteiger partial charge in [0.1, 0.15) is 12.4 Å². The second kappa shape index (κ2) is 14.5. The lowest BCUT2D eigenvalue weighted by molar-refractivity contribution is -0.386. The highest BCUT2D eigenvalue weighted by molar-refractivity contribution is 9.10. The van der Waals surface area contributed by atoms with Crippen LogP contribution in [0.3, 0.4) is 0 Å². The van der Waals surface area contributed by atoms with Crippen LogP contribution < -0.4 is 29.1 Å². The van der Waals surface area contributed by atoms with Crippen LogP contribution in [0.1, 0.15) is 50.4 Å². The van der Waals surface area contributed by atoms with E-state index in [1.165, 1.54) is 42.0 Å². The molecule has 1 aliphatic rings. The molecule has 0 saturated carbocycles. The molecule has 0 bridgehead atoms. The number of thiazole rings is 1. The zero-order valence-electron chi connectivity index (χ0n) is 26.6. The van der Waals surface area contributed by atoms with E-state index in [1.54, 1.807) is 44.2 Å². The molecule has 3 aromatic carbocycles. The molecule has 4 aromatic rings. The molecule has 1 aliphatic heterocycles. The normalized spacial score (nSPS) is 14.4. The number of hydrogen-bond acceptors (Lipinski definition) is 10. The number of nitro benzene ring substituents is 1. The standard InChI is InChI=1S/C34H31BrFN3O8S/c1-6-45-33(41)29-19(4)37-34-38(30(29)21-11-12-26(47-18(2)3)27(16-21)44-5)32(40)28(48-34)15-20-13-23(35)31(25(14-20)39(42)43)46-17-22-9-7-8-10-24(22)36/h7-16,18,30H,6,17H2,1-5H3/b28-15+/t30-/m0/s1. The van der Waals surface area contributed by atoms with E-state index in [1.807, 2.05) is 13.8 Å². The Hall–Kier alpha value is -4.82. The zero-order valence-corrected chi connectivity index (χ0v) is 29.0. The van der Waals surface area contributed by atoms with E-state index >= 15 is 0 Å². The van der Waals surface area contributed by atoms with Crippen molar-refractivity contribution in [3.8, 4) is 17.2 Å². The molecule has 0 saturated heterocycles. The molecule has 2 heterocycles. The Kier molecular flexibility index (Phi) is 10.4. The van der Waals surface area contributed by atoms with Crippen LogP contribution in [0.5, 0.6) is 17.2 Å². The molecule has 0 spiro atoms. The first-order chi connectivity index (χ1) is 22.9. The Morgan fingerprint density at radius 1 is 1.19 bits per heavy atom. The van der Waals surface area contributed by atoms with Crippen molar-refractivity contribution in [3.63, 3.8) is 0 Å². The molecule has 48 heavy (non-hydrogen) atoms. The second-order valence-corrected chi connectivity index (χ2v) is 12.7. The molecule has 14 heteroatoms. The molecule has 0 fully saturated rings. The summed E-state index contributed by atoms with van der Waals surface area (Å²) in [5.74, 6) is -0.298. The van der Waals surface area contributed by atoms with Crippen LogP contribution in [0.4, 0.5) is 10.1 Å². The Bertz CT molecular complexity index is 2130. The molecular weight excluding hydrogens is 709 g/mol. The minimum absolute atomic E-state index is 0.0876. The number of methoxy groups -OCH3 is 1. The van der Waals surface area contributed by atoms with Gasteiger partial charge in [-0.25, -0.2) is 14.2 Å². The Balaban J connectivity index is 1.62. The van der Waals surface area contributed by atoms with Crippen molar-refractivity contribution in [2.75, 3.05) is 13.7 Å². The number of halogens is 2. The van der Waals surface area contributed by atoms with Crippen molar-refractivity contribution in [1.82, 2.24) is 4.57 Å². The third kappa shape index (κ3) is 7.04. The topological polar surface area (TPSA) is 131 Å². The fraction of sp³-hybridized carbons (Fsp3) is 0.265. The molecule has 0 aliphatic carbocycles. The number of ether oxygens (including phenoxy) is 4. The van der Waals surface area contributed by atoms with Gasteiger partial charge in [0.2, 0.25) is 5.75 Å². The van der Waals surface area contributed by atoms with Crippen LogP contribution >= 0.6 is 27.3 Å². The van der Waals surface area contributed by atoms with Gasteiger partial charge in [0, 0.05) is 11.6 Å². The van der Waals surface area contributed by atoms with E-state index in [9.17, 15) is 24.1 Å². The maximum atomic E-state index is 14.2. The highest BCUT2D eigenvalue weighted by atomic mass is 79.9. The van der Waals surface area contributed by atoms with Crippen molar-refractivity contribution in [3.05, 3.63) is 123 Å². The number of nitro groups is 1. The van der Waals surface area contributed by atoms with E-state index in [2.05, 4.69) is 20.9 Å². The van der Waals surface area contributed by atoms with Crippen molar-refractivity contribution in [2.24, 2.45) is 4.99 Å². The van der Waals surface area contributed by atoms with Crippen LogP contribution in [-0.2, 0) is 16.1 Å². The minimum atomic E-state index is -0.917. The number of aromatic nitrogens is 1. The molecule has 0 unspecified atom stereocenters. The van der Waals surface area contributed by atoms with Gasteiger partial charge in [-0.3, -0.25) is 19.5 Å². The molecular formula is C34H31BrFN3O8S. The fourth-order valence-corrected chi connectivity index (χ4v) is 6.82. The average Bonchev–Trinajstić information content (AvgIpc) is 3.33. The van der Waals surface area contributed by atoms with Crippen LogP contribution in [-0.4, -0.2) is 35.3 Å². The van der Waals surface area contributed by atoms with Gasteiger partial charge in [-0.2, -0.15) is 0 Å². The predicted octanol–water partition coefficient (Wildman–Crippen LogP) is 5.98. The van der Waals surface area contributed by atoms with Gasteiger partial charge in [0.05, 0.1) is 51.1 Å². The quantitative estimate of drug-likeness (QED) is 0.104. The number of hydrogen-bond donors (Lipinski definition) is 0. The summed E-state index contributed by atoms with van der Waals surface area (Å²) in [6, 6.07) is 13.1. The third-order valence-electron chi connectivity index (χ3n) is 7.25. The molecule has 0 N–H and O–H groups in total. The molecule has 0 amide bonds. The van der Waals surface area contributed by atoms with Gasteiger partial charge in [0.25, 0.3) is 5.56 Å². The number of fused-ring (bicyclic) bond motifs is 1. The van der Waals surface area contributed by atoms with E-state index in [4.69, 9.17) is 18.9 Å². The van der Waals surface area contributed by atoms with Gasteiger partial charge in [-0.1, -0.05) is 35.6 Å². The summed E-state index contributed by atoms with van der Waals surface area (Å²) in [6.07, 6.45) is 1.38. The zero-order chi connectivity index (χ0) is 34.7. The van der Waals surface area contributed by atoms with Gasteiger partial charge in [-0.15, -0.1) is 0 Å². The summed E-state index contributed by atoms with van der Waals surface area (Å²) in [6.45, 7) is 7.01. The minimum Gasteiger partial charge on any atom is -0.493 e. The summed E-state index contributed by atoms with van der Waals surface area (Å²) < 4.78 is 38.5. The van der Waals surface area contributed by atoms with Crippen molar-refractivity contribution < 1.29 is 33.1 Å². The van der Waals surface area contributed by atoms with E-state index in [0.717, 1.165) is 11.3 Å². The summed E-state index contributed by atoms with van der Waals surface area (Å²) in [5, 5.41) is 12.1. The molecule has 1 aromatic heterocycles. The first-order valence-corrected chi connectivity index (χ1v) is 16.4. The van der Waals surface area contributed by atoms with Crippen LogP contribution in [0.2, 0.25) is 0 Å². The summed E-state index contributed by atoms with van der Waals surface area (Å²) in [7, 11) is 1.50.